The molecule has 0 saturated carbocycles. The van der Waals surface area contributed by atoms with E-state index in [9.17, 15) is 22.0 Å². The maximum Gasteiger partial charge on any atom is 0.255 e. The van der Waals surface area contributed by atoms with Crippen molar-refractivity contribution < 1.29 is 22.0 Å². The van der Waals surface area contributed by atoms with Gasteiger partial charge in [0.25, 0.3) is 5.91 Å². The molecule has 1 amide bonds. The van der Waals surface area contributed by atoms with E-state index in [-0.39, 0.29) is 16.9 Å². The second-order valence-corrected chi connectivity index (χ2v) is 6.84. The van der Waals surface area contributed by atoms with Gasteiger partial charge in [-0.15, -0.1) is 0 Å². The van der Waals surface area contributed by atoms with E-state index in [0.717, 1.165) is 28.8 Å². The zero-order valence-electron chi connectivity index (χ0n) is 12.4. The number of nitrogens with one attached hydrogen (secondary N) is 1. The first-order valence-electron chi connectivity index (χ1n) is 6.49. The summed E-state index contributed by atoms with van der Waals surface area (Å²) >= 11 is 0. The van der Waals surface area contributed by atoms with Crippen molar-refractivity contribution in [3.8, 4) is 0 Å². The second kappa shape index (κ2) is 6.33. The topological polar surface area (TPSA) is 66.5 Å². The third-order valence-electron chi connectivity index (χ3n) is 3.17. The lowest BCUT2D eigenvalue weighted by Gasteiger charge is -2.20. The Labute approximate surface area is 132 Å². The van der Waals surface area contributed by atoms with Crippen LogP contribution in [-0.2, 0) is 10.0 Å². The zero-order chi connectivity index (χ0) is 17.2. The molecule has 1 N–H and O–H groups in total. The van der Waals surface area contributed by atoms with Crippen molar-refractivity contribution >= 4 is 27.3 Å². The summed E-state index contributed by atoms with van der Waals surface area (Å²) in [6.45, 7) is 0. The molecular weight excluding hydrogens is 326 g/mol. The molecular formula is C15H14F2N2O3S. The van der Waals surface area contributed by atoms with Crippen molar-refractivity contribution in [3.05, 3.63) is 59.7 Å². The molecule has 23 heavy (non-hydrogen) atoms. The first kappa shape index (κ1) is 16.9. The Hall–Kier alpha value is -2.48. The van der Waals surface area contributed by atoms with Crippen LogP contribution in [-0.4, -0.2) is 27.6 Å². The van der Waals surface area contributed by atoms with Gasteiger partial charge in [0.2, 0.25) is 10.0 Å². The van der Waals surface area contributed by atoms with Gasteiger partial charge in [-0.3, -0.25) is 9.10 Å². The number of carbonyl (C=O) groups is 1. The summed E-state index contributed by atoms with van der Waals surface area (Å²) in [6.07, 6.45) is 1.03. The molecule has 0 aliphatic heterocycles. The van der Waals surface area contributed by atoms with Gasteiger partial charge in [0.15, 0.2) is 11.6 Å². The lowest BCUT2D eigenvalue weighted by Crippen LogP contribution is -2.26. The fraction of sp³-hybridized carbons (Fsp3) is 0.133. The Bertz CT molecular complexity index is 854. The van der Waals surface area contributed by atoms with Crippen molar-refractivity contribution in [1.82, 2.24) is 0 Å². The third-order valence-corrected chi connectivity index (χ3v) is 4.36. The molecule has 0 radical (unpaired) electrons. The monoisotopic (exact) mass is 340 g/mol. The lowest BCUT2D eigenvalue weighted by molar-refractivity contribution is 0.102. The highest BCUT2D eigenvalue weighted by Gasteiger charge is 2.17. The van der Waals surface area contributed by atoms with E-state index in [1.807, 2.05) is 0 Å². The molecule has 2 aromatic carbocycles. The first-order valence-corrected chi connectivity index (χ1v) is 8.34. The van der Waals surface area contributed by atoms with Crippen LogP contribution in [0.1, 0.15) is 10.4 Å². The molecule has 0 fully saturated rings. The van der Waals surface area contributed by atoms with Gasteiger partial charge in [-0.25, -0.2) is 17.2 Å². The van der Waals surface area contributed by atoms with Gasteiger partial charge < -0.3 is 5.32 Å². The zero-order valence-corrected chi connectivity index (χ0v) is 13.2. The largest absolute Gasteiger partial charge is 0.320 e. The van der Waals surface area contributed by atoms with Crippen LogP contribution in [0.5, 0.6) is 0 Å². The second-order valence-electron chi connectivity index (χ2n) is 4.83. The molecule has 0 spiro atoms. The molecule has 122 valence electrons. The summed E-state index contributed by atoms with van der Waals surface area (Å²) in [7, 11) is -2.17. The maximum atomic E-state index is 13.2. The van der Waals surface area contributed by atoms with Gasteiger partial charge in [-0.05, 0) is 30.3 Å². The summed E-state index contributed by atoms with van der Waals surface area (Å²) in [4.78, 5) is 12.1. The van der Waals surface area contributed by atoms with E-state index in [1.165, 1.54) is 19.2 Å². The minimum atomic E-state index is -3.52. The summed E-state index contributed by atoms with van der Waals surface area (Å²) in [5, 5.41) is 2.49. The normalized spacial score (nSPS) is 11.1. The van der Waals surface area contributed by atoms with Gasteiger partial charge in [0.1, 0.15) is 0 Å². The molecule has 8 heteroatoms. The Morgan fingerprint density at radius 3 is 2.35 bits per heavy atom. The number of para-hydroxylation sites is 2. The standard InChI is InChI=1S/C15H14F2N2O3S/c1-19(23(2,21)22)14-6-4-3-5-13(14)18-15(20)10-7-8-11(16)12(17)9-10/h3-9H,1-2H3,(H,18,20). The number of hydrogen-bond donors (Lipinski definition) is 1. The molecule has 0 aliphatic carbocycles. The van der Waals surface area contributed by atoms with E-state index < -0.39 is 27.6 Å². The minimum absolute atomic E-state index is 0.0827. The van der Waals surface area contributed by atoms with E-state index in [0.29, 0.717) is 0 Å². The van der Waals surface area contributed by atoms with Crippen LogP contribution in [0.4, 0.5) is 20.2 Å². The molecule has 0 unspecified atom stereocenters. The summed E-state index contributed by atoms with van der Waals surface area (Å²) in [5.41, 5.74) is 0.404. The van der Waals surface area contributed by atoms with Crippen LogP contribution in [0.3, 0.4) is 0 Å². The van der Waals surface area contributed by atoms with Crippen molar-refractivity contribution in [3.63, 3.8) is 0 Å². The van der Waals surface area contributed by atoms with Gasteiger partial charge in [0.05, 0.1) is 17.6 Å². The number of amides is 1. The van der Waals surface area contributed by atoms with Crippen LogP contribution in [0, 0.1) is 11.6 Å². The maximum absolute atomic E-state index is 13.2. The Morgan fingerprint density at radius 1 is 1.09 bits per heavy atom. The number of anilines is 2. The summed E-state index contributed by atoms with van der Waals surface area (Å²) in [6, 6.07) is 9.00. The number of carbonyl (C=O) groups excluding carboxylic acids is 1. The molecule has 2 aromatic rings. The fourth-order valence-electron chi connectivity index (χ4n) is 1.86. The average molecular weight is 340 g/mol. The van der Waals surface area contributed by atoms with Crippen molar-refractivity contribution in [1.29, 1.82) is 0 Å². The van der Waals surface area contributed by atoms with Crippen LogP contribution >= 0.6 is 0 Å². The van der Waals surface area contributed by atoms with E-state index >= 15 is 0 Å². The predicted molar refractivity (Wildman–Crippen MR) is 84.0 cm³/mol. The molecule has 0 heterocycles. The van der Waals surface area contributed by atoms with Crippen molar-refractivity contribution in [2.45, 2.75) is 0 Å². The number of benzene rings is 2. The number of hydrogen-bond acceptors (Lipinski definition) is 3. The minimum Gasteiger partial charge on any atom is -0.320 e. The summed E-state index contributed by atoms with van der Waals surface area (Å²) in [5.74, 6) is -2.88. The smallest absolute Gasteiger partial charge is 0.255 e. The molecule has 5 nitrogen and oxygen atoms in total. The van der Waals surface area contributed by atoms with Crippen LogP contribution in [0.25, 0.3) is 0 Å². The highest BCUT2D eigenvalue weighted by atomic mass is 32.2. The Kier molecular flexibility index (Phi) is 4.65. The van der Waals surface area contributed by atoms with E-state index in [2.05, 4.69) is 5.32 Å². The lowest BCUT2D eigenvalue weighted by atomic mass is 10.2. The molecule has 2 rings (SSSR count). The van der Waals surface area contributed by atoms with Crippen molar-refractivity contribution in [2.75, 3.05) is 22.9 Å². The van der Waals surface area contributed by atoms with Crippen LogP contribution < -0.4 is 9.62 Å². The van der Waals surface area contributed by atoms with Crippen molar-refractivity contribution in [2.24, 2.45) is 0 Å². The van der Waals surface area contributed by atoms with E-state index in [4.69, 9.17) is 0 Å². The highest BCUT2D eigenvalue weighted by Crippen LogP contribution is 2.26. The third kappa shape index (κ3) is 3.84. The first-order chi connectivity index (χ1) is 10.7. The number of halogens is 2. The number of rotatable bonds is 4. The molecule has 0 bridgehead atoms. The number of nitrogens with zero attached hydrogens (tertiary/aromatic N) is 1. The van der Waals surface area contributed by atoms with Gasteiger partial charge in [0, 0.05) is 12.6 Å². The quantitative estimate of drug-likeness (QED) is 0.930. The van der Waals surface area contributed by atoms with Gasteiger partial charge in [-0.2, -0.15) is 0 Å². The van der Waals surface area contributed by atoms with Gasteiger partial charge in [-0.1, -0.05) is 12.1 Å². The number of sulfonamides is 1. The Balaban J connectivity index is 2.33. The highest BCUT2D eigenvalue weighted by molar-refractivity contribution is 7.92. The molecule has 0 aliphatic rings. The molecule has 0 atom stereocenters. The van der Waals surface area contributed by atoms with E-state index in [1.54, 1.807) is 12.1 Å². The SMILES string of the molecule is CN(c1ccccc1NC(=O)c1ccc(F)c(F)c1)S(C)(=O)=O. The fourth-order valence-corrected chi connectivity index (χ4v) is 2.38. The van der Waals surface area contributed by atoms with Gasteiger partial charge >= 0.3 is 0 Å². The molecule has 0 saturated heterocycles. The average Bonchev–Trinajstić information content (AvgIpc) is 2.49. The predicted octanol–water partition coefficient (Wildman–Crippen LogP) is 2.61. The Morgan fingerprint density at radius 2 is 1.74 bits per heavy atom. The molecule has 0 aromatic heterocycles. The van der Waals surface area contributed by atoms with Crippen LogP contribution in [0.2, 0.25) is 0 Å². The van der Waals surface area contributed by atoms with Crippen LogP contribution in [0.15, 0.2) is 42.5 Å². The summed E-state index contributed by atoms with van der Waals surface area (Å²) < 4.78 is 50.4.